The van der Waals surface area contributed by atoms with Crippen LogP contribution in [0, 0.1) is 0 Å². The van der Waals surface area contributed by atoms with Gasteiger partial charge in [-0.3, -0.25) is 0 Å². The highest BCUT2D eigenvalue weighted by atomic mass is 79.9. The second-order valence-corrected chi connectivity index (χ2v) is 2.01. The number of alkyl halides is 1. The SMILES string of the molecule is OCc1nonc1CBr. The van der Waals surface area contributed by atoms with Gasteiger partial charge in [-0.15, -0.1) is 0 Å². The van der Waals surface area contributed by atoms with Gasteiger partial charge in [-0.2, -0.15) is 0 Å². The summed E-state index contributed by atoms with van der Waals surface area (Å²) < 4.78 is 4.34. The summed E-state index contributed by atoms with van der Waals surface area (Å²) in [6.45, 7) is -0.121. The normalized spacial score (nSPS) is 10.0. The Morgan fingerprint density at radius 1 is 1.44 bits per heavy atom. The maximum absolute atomic E-state index is 8.56. The molecule has 0 saturated heterocycles. The van der Waals surface area contributed by atoms with E-state index in [2.05, 4.69) is 30.9 Å². The van der Waals surface area contributed by atoms with Gasteiger partial charge in [-0.25, -0.2) is 4.63 Å². The summed E-state index contributed by atoms with van der Waals surface area (Å²) in [6.07, 6.45) is 0. The summed E-state index contributed by atoms with van der Waals surface area (Å²) in [4.78, 5) is 0. The highest BCUT2D eigenvalue weighted by molar-refractivity contribution is 9.08. The molecule has 0 aliphatic carbocycles. The lowest BCUT2D eigenvalue weighted by atomic mass is 10.4. The van der Waals surface area contributed by atoms with Gasteiger partial charge in [0.1, 0.15) is 11.4 Å². The molecule has 0 fully saturated rings. The smallest absolute Gasteiger partial charge is 0.134 e. The van der Waals surface area contributed by atoms with Gasteiger partial charge in [-0.1, -0.05) is 26.2 Å². The lowest BCUT2D eigenvalue weighted by molar-refractivity contribution is 0.254. The first-order valence-electron chi connectivity index (χ1n) is 2.35. The minimum Gasteiger partial charge on any atom is -0.390 e. The Morgan fingerprint density at radius 2 is 2.11 bits per heavy atom. The van der Waals surface area contributed by atoms with Crippen LogP contribution >= 0.6 is 15.9 Å². The summed E-state index contributed by atoms with van der Waals surface area (Å²) in [5, 5.41) is 16.1. The van der Waals surface area contributed by atoms with E-state index >= 15 is 0 Å². The minimum absolute atomic E-state index is 0.121. The number of halogens is 1. The lowest BCUT2D eigenvalue weighted by Gasteiger charge is -1.84. The molecule has 0 bridgehead atoms. The maximum Gasteiger partial charge on any atom is 0.134 e. The fraction of sp³-hybridized carbons (Fsp3) is 0.500. The molecule has 0 amide bonds. The molecule has 0 aliphatic heterocycles. The molecule has 1 N–H and O–H groups in total. The maximum atomic E-state index is 8.56. The van der Waals surface area contributed by atoms with E-state index in [4.69, 9.17) is 5.11 Å². The summed E-state index contributed by atoms with van der Waals surface area (Å²) in [5.74, 6) is 0. The first-order chi connectivity index (χ1) is 4.38. The van der Waals surface area contributed by atoms with Crippen LogP contribution in [0.4, 0.5) is 0 Å². The predicted molar refractivity (Wildman–Crippen MR) is 32.9 cm³/mol. The molecule has 1 rings (SSSR count). The molecule has 1 aromatic heterocycles. The Morgan fingerprint density at radius 3 is 2.56 bits per heavy atom. The molecule has 0 unspecified atom stereocenters. The Kier molecular flexibility index (Phi) is 2.18. The van der Waals surface area contributed by atoms with Crippen LogP contribution in [-0.2, 0) is 11.9 Å². The number of rotatable bonds is 2. The Balaban J connectivity index is 2.85. The zero-order valence-corrected chi connectivity index (χ0v) is 6.13. The third kappa shape index (κ3) is 1.28. The summed E-state index contributed by atoms with van der Waals surface area (Å²) >= 11 is 3.15. The van der Waals surface area contributed by atoms with E-state index in [-0.39, 0.29) is 6.61 Å². The van der Waals surface area contributed by atoms with Crippen LogP contribution < -0.4 is 0 Å². The molecule has 0 spiro atoms. The van der Waals surface area contributed by atoms with Crippen molar-refractivity contribution in [3.63, 3.8) is 0 Å². The highest BCUT2D eigenvalue weighted by Gasteiger charge is 2.04. The Labute approximate surface area is 60.0 Å². The van der Waals surface area contributed by atoms with Crippen molar-refractivity contribution in [2.75, 3.05) is 0 Å². The molecule has 5 heteroatoms. The van der Waals surface area contributed by atoms with E-state index in [0.717, 1.165) is 0 Å². The largest absolute Gasteiger partial charge is 0.390 e. The van der Waals surface area contributed by atoms with Gasteiger partial charge in [0.05, 0.1) is 11.9 Å². The fourth-order valence-electron chi connectivity index (χ4n) is 0.446. The van der Waals surface area contributed by atoms with Gasteiger partial charge in [0, 0.05) is 0 Å². The van der Waals surface area contributed by atoms with Crippen molar-refractivity contribution in [2.45, 2.75) is 11.9 Å². The number of aromatic nitrogens is 2. The van der Waals surface area contributed by atoms with E-state index < -0.39 is 0 Å². The standard InChI is InChI=1S/C4H5BrN2O2/c5-1-3-4(2-8)7-9-6-3/h8H,1-2H2. The predicted octanol–water partition coefficient (Wildman–Crippen LogP) is 0.457. The van der Waals surface area contributed by atoms with Crippen LogP contribution in [0.2, 0.25) is 0 Å². The van der Waals surface area contributed by atoms with Crippen molar-refractivity contribution < 1.29 is 9.74 Å². The summed E-state index contributed by atoms with van der Waals surface area (Å²) in [7, 11) is 0. The quantitative estimate of drug-likeness (QED) is 0.693. The molecule has 0 aromatic carbocycles. The van der Waals surface area contributed by atoms with E-state index in [9.17, 15) is 0 Å². The van der Waals surface area contributed by atoms with E-state index in [1.807, 2.05) is 0 Å². The van der Waals surface area contributed by atoms with Crippen molar-refractivity contribution in [1.29, 1.82) is 0 Å². The molecule has 1 aromatic rings. The van der Waals surface area contributed by atoms with E-state index in [0.29, 0.717) is 16.7 Å². The Bertz CT molecular complexity index is 170. The molecule has 1 heterocycles. The van der Waals surface area contributed by atoms with Crippen LogP contribution in [0.15, 0.2) is 4.63 Å². The van der Waals surface area contributed by atoms with Crippen LogP contribution in [0.3, 0.4) is 0 Å². The monoisotopic (exact) mass is 192 g/mol. The lowest BCUT2D eigenvalue weighted by Crippen LogP contribution is -1.88. The zero-order chi connectivity index (χ0) is 6.69. The molecule has 4 nitrogen and oxygen atoms in total. The number of hydrogen-bond donors (Lipinski definition) is 1. The summed E-state index contributed by atoms with van der Waals surface area (Å²) in [6, 6.07) is 0. The second kappa shape index (κ2) is 2.93. The van der Waals surface area contributed by atoms with E-state index in [1.54, 1.807) is 0 Å². The second-order valence-electron chi connectivity index (χ2n) is 1.45. The third-order valence-corrected chi connectivity index (χ3v) is 1.44. The number of nitrogens with zero attached hydrogens (tertiary/aromatic N) is 2. The minimum atomic E-state index is -0.121. The zero-order valence-electron chi connectivity index (χ0n) is 4.54. The van der Waals surface area contributed by atoms with Crippen LogP contribution in [0.1, 0.15) is 11.4 Å². The van der Waals surface area contributed by atoms with Gasteiger partial charge in [0.2, 0.25) is 0 Å². The molecule has 50 valence electrons. The van der Waals surface area contributed by atoms with Gasteiger partial charge >= 0.3 is 0 Å². The fourth-order valence-corrected chi connectivity index (χ4v) is 0.872. The van der Waals surface area contributed by atoms with Gasteiger partial charge < -0.3 is 5.11 Å². The van der Waals surface area contributed by atoms with E-state index in [1.165, 1.54) is 0 Å². The average molecular weight is 193 g/mol. The van der Waals surface area contributed by atoms with Crippen molar-refractivity contribution in [2.24, 2.45) is 0 Å². The molecule has 0 saturated carbocycles. The first kappa shape index (κ1) is 6.70. The Hall–Kier alpha value is -0.420. The highest BCUT2D eigenvalue weighted by Crippen LogP contribution is 2.05. The molecule has 9 heavy (non-hydrogen) atoms. The van der Waals surface area contributed by atoms with Crippen molar-refractivity contribution in [1.82, 2.24) is 10.3 Å². The summed E-state index contributed by atoms with van der Waals surface area (Å²) in [5.41, 5.74) is 1.14. The number of aliphatic hydroxyl groups is 1. The molecular weight excluding hydrogens is 188 g/mol. The van der Waals surface area contributed by atoms with Crippen LogP contribution in [0.5, 0.6) is 0 Å². The third-order valence-electron chi connectivity index (χ3n) is 0.911. The van der Waals surface area contributed by atoms with Crippen molar-refractivity contribution in [3.8, 4) is 0 Å². The molecule has 0 atom stereocenters. The van der Waals surface area contributed by atoms with Gasteiger partial charge in [0.15, 0.2) is 0 Å². The topological polar surface area (TPSA) is 59.2 Å². The van der Waals surface area contributed by atoms with Crippen LogP contribution in [-0.4, -0.2) is 15.4 Å². The number of aliphatic hydroxyl groups excluding tert-OH is 1. The van der Waals surface area contributed by atoms with Crippen LogP contribution in [0.25, 0.3) is 0 Å². The van der Waals surface area contributed by atoms with Crippen molar-refractivity contribution >= 4 is 15.9 Å². The molecule has 0 radical (unpaired) electrons. The molecular formula is C4H5BrN2O2. The van der Waals surface area contributed by atoms with Crippen molar-refractivity contribution in [3.05, 3.63) is 11.4 Å². The van der Waals surface area contributed by atoms with Gasteiger partial charge in [-0.05, 0) is 0 Å². The van der Waals surface area contributed by atoms with Gasteiger partial charge in [0.25, 0.3) is 0 Å². The molecule has 0 aliphatic rings. The average Bonchev–Trinajstić information content (AvgIpc) is 2.33. The number of hydrogen-bond acceptors (Lipinski definition) is 4. The first-order valence-corrected chi connectivity index (χ1v) is 3.47.